The zero-order chi connectivity index (χ0) is 14.5. The highest BCUT2D eigenvalue weighted by Crippen LogP contribution is 2.20. The van der Waals surface area contributed by atoms with Gasteiger partial charge in [-0.2, -0.15) is 0 Å². The SMILES string of the molecule is CCOc1cc(N)cc(C(=O)Nc2ccc(Br)cc2)c1. The normalized spacial score (nSPS) is 10.1. The minimum Gasteiger partial charge on any atom is -0.494 e. The average Bonchev–Trinajstić information content (AvgIpc) is 2.41. The van der Waals surface area contributed by atoms with Crippen molar-refractivity contribution >= 4 is 33.2 Å². The Morgan fingerprint density at radius 1 is 1.25 bits per heavy atom. The monoisotopic (exact) mass is 334 g/mol. The molecule has 0 radical (unpaired) electrons. The first-order valence-electron chi connectivity index (χ1n) is 6.19. The second-order valence-electron chi connectivity index (χ2n) is 4.18. The molecule has 0 heterocycles. The third-order valence-electron chi connectivity index (χ3n) is 2.60. The number of benzene rings is 2. The maximum absolute atomic E-state index is 12.2. The molecule has 2 aromatic carbocycles. The Labute approximate surface area is 126 Å². The van der Waals surface area contributed by atoms with Crippen LogP contribution in [0.4, 0.5) is 11.4 Å². The van der Waals surface area contributed by atoms with Crippen molar-refractivity contribution in [2.45, 2.75) is 6.92 Å². The van der Waals surface area contributed by atoms with Crippen LogP contribution >= 0.6 is 15.9 Å². The maximum atomic E-state index is 12.2. The third kappa shape index (κ3) is 3.74. The van der Waals surface area contributed by atoms with E-state index in [0.717, 1.165) is 10.2 Å². The molecule has 0 unspecified atom stereocenters. The zero-order valence-electron chi connectivity index (χ0n) is 11.0. The van der Waals surface area contributed by atoms with E-state index in [-0.39, 0.29) is 5.91 Å². The number of carbonyl (C=O) groups is 1. The zero-order valence-corrected chi connectivity index (χ0v) is 12.6. The molecule has 0 aliphatic heterocycles. The summed E-state index contributed by atoms with van der Waals surface area (Å²) in [6.45, 7) is 2.40. The molecule has 3 N–H and O–H groups in total. The summed E-state index contributed by atoms with van der Waals surface area (Å²) in [6.07, 6.45) is 0. The van der Waals surface area contributed by atoms with Gasteiger partial charge in [0, 0.05) is 27.5 Å². The molecule has 4 nitrogen and oxygen atoms in total. The van der Waals surface area contributed by atoms with Gasteiger partial charge in [-0.05, 0) is 43.3 Å². The molecule has 0 spiro atoms. The summed E-state index contributed by atoms with van der Waals surface area (Å²) in [7, 11) is 0. The largest absolute Gasteiger partial charge is 0.494 e. The molecule has 0 fully saturated rings. The highest BCUT2D eigenvalue weighted by atomic mass is 79.9. The van der Waals surface area contributed by atoms with Gasteiger partial charge in [-0.25, -0.2) is 0 Å². The van der Waals surface area contributed by atoms with E-state index in [9.17, 15) is 4.79 Å². The number of halogens is 1. The summed E-state index contributed by atoms with van der Waals surface area (Å²) >= 11 is 3.35. The number of ether oxygens (including phenoxy) is 1. The Bertz CT molecular complexity index is 612. The number of carbonyl (C=O) groups excluding carboxylic acids is 1. The summed E-state index contributed by atoms with van der Waals surface area (Å²) in [4.78, 5) is 12.2. The number of nitrogen functional groups attached to an aromatic ring is 1. The number of amides is 1. The van der Waals surface area contributed by atoms with E-state index in [0.29, 0.717) is 23.6 Å². The van der Waals surface area contributed by atoms with Crippen molar-refractivity contribution in [1.82, 2.24) is 0 Å². The molecule has 0 bridgehead atoms. The van der Waals surface area contributed by atoms with Crippen LogP contribution in [0.1, 0.15) is 17.3 Å². The summed E-state index contributed by atoms with van der Waals surface area (Å²) in [5.41, 5.74) is 7.46. The fraction of sp³-hybridized carbons (Fsp3) is 0.133. The lowest BCUT2D eigenvalue weighted by Gasteiger charge is -2.09. The van der Waals surface area contributed by atoms with Crippen LogP contribution in [0.25, 0.3) is 0 Å². The Kier molecular flexibility index (Phi) is 4.63. The molecule has 0 aromatic heterocycles. The number of nitrogens with two attached hydrogens (primary N) is 1. The first kappa shape index (κ1) is 14.4. The van der Waals surface area contributed by atoms with Crippen LogP contribution in [0.5, 0.6) is 5.75 Å². The molecule has 2 aromatic rings. The van der Waals surface area contributed by atoms with Crippen LogP contribution in [-0.2, 0) is 0 Å². The predicted octanol–water partition coefficient (Wildman–Crippen LogP) is 3.68. The first-order chi connectivity index (χ1) is 9.58. The molecule has 0 aliphatic carbocycles. The van der Waals surface area contributed by atoms with Crippen LogP contribution in [-0.4, -0.2) is 12.5 Å². The van der Waals surface area contributed by atoms with Gasteiger partial charge in [-0.1, -0.05) is 15.9 Å². The van der Waals surface area contributed by atoms with Crippen molar-refractivity contribution in [3.8, 4) is 5.75 Å². The molecule has 5 heteroatoms. The molecular formula is C15H15BrN2O2. The molecular weight excluding hydrogens is 320 g/mol. The van der Waals surface area contributed by atoms with Crippen LogP contribution in [0.2, 0.25) is 0 Å². The lowest BCUT2D eigenvalue weighted by atomic mass is 10.1. The molecule has 1 amide bonds. The molecule has 0 atom stereocenters. The minimum absolute atomic E-state index is 0.222. The minimum atomic E-state index is -0.222. The summed E-state index contributed by atoms with van der Waals surface area (Å²) in [5, 5.41) is 2.81. The van der Waals surface area contributed by atoms with Gasteiger partial charge in [-0.15, -0.1) is 0 Å². The molecule has 0 saturated carbocycles. The van der Waals surface area contributed by atoms with Crippen LogP contribution in [0.3, 0.4) is 0 Å². The van der Waals surface area contributed by atoms with E-state index in [1.165, 1.54) is 0 Å². The van der Waals surface area contributed by atoms with Gasteiger partial charge >= 0.3 is 0 Å². The van der Waals surface area contributed by atoms with Gasteiger partial charge in [-0.3, -0.25) is 4.79 Å². The van der Waals surface area contributed by atoms with E-state index < -0.39 is 0 Å². The number of nitrogens with one attached hydrogen (secondary N) is 1. The van der Waals surface area contributed by atoms with Gasteiger partial charge in [0.05, 0.1) is 6.61 Å². The molecule has 104 valence electrons. The first-order valence-corrected chi connectivity index (χ1v) is 6.98. The van der Waals surface area contributed by atoms with E-state index in [2.05, 4.69) is 21.2 Å². The van der Waals surface area contributed by atoms with E-state index in [1.54, 1.807) is 18.2 Å². The van der Waals surface area contributed by atoms with Gasteiger partial charge in [0.2, 0.25) is 0 Å². The number of hydrogen-bond acceptors (Lipinski definition) is 3. The van der Waals surface area contributed by atoms with Crippen LogP contribution in [0.15, 0.2) is 46.9 Å². The number of hydrogen-bond donors (Lipinski definition) is 2. The topological polar surface area (TPSA) is 64.3 Å². The van der Waals surface area contributed by atoms with Gasteiger partial charge < -0.3 is 15.8 Å². The van der Waals surface area contributed by atoms with Crippen molar-refractivity contribution in [3.63, 3.8) is 0 Å². The van der Waals surface area contributed by atoms with E-state index in [4.69, 9.17) is 10.5 Å². The van der Waals surface area contributed by atoms with Crippen LogP contribution < -0.4 is 15.8 Å². The van der Waals surface area contributed by atoms with Gasteiger partial charge in [0.1, 0.15) is 5.75 Å². The van der Waals surface area contributed by atoms with Gasteiger partial charge in [0.25, 0.3) is 5.91 Å². The number of anilines is 2. The third-order valence-corrected chi connectivity index (χ3v) is 3.13. The second-order valence-corrected chi connectivity index (χ2v) is 5.10. The lowest BCUT2D eigenvalue weighted by Crippen LogP contribution is -2.12. The Balaban J connectivity index is 2.18. The maximum Gasteiger partial charge on any atom is 0.255 e. The molecule has 2 rings (SSSR count). The second kappa shape index (κ2) is 6.43. The average molecular weight is 335 g/mol. The predicted molar refractivity (Wildman–Crippen MR) is 84.1 cm³/mol. The van der Waals surface area contributed by atoms with Crippen molar-refractivity contribution in [2.75, 3.05) is 17.7 Å². The van der Waals surface area contributed by atoms with Gasteiger partial charge in [0.15, 0.2) is 0 Å². The summed E-state index contributed by atoms with van der Waals surface area (Å²) in [5.74, 6) is 0.369. The molecule has 0 aliphatic rings. The fourth-order valence-corrected chi connectivity index (χ4v) is 2.00. The highest BCUT2D eigenvalue weighted by molar-refractivity contribution is 9.10. The van der Waals surface area contributed by atoms with Crippen molar-refractivity contribution in [2.24, 2.45) is 0 Å². The van der Waals surface area contributed by atoms with Crippen molar-refractivity contribution < 1.29 is 9.53 Å². The fourth-order valence-electron chi connectivity index (χ4n) is 1.74. The Morgan fingerprint density at radius 2 is 1.95 bits per heavy atom. The molecule has 0 saturated heterocycles. The van der Waals surface area contributed by atoms with Crippen molar-refractivity contribution in [1.29, 1.82) is 0 Å². The van der Waals surface area contributed by atoms with E-state index in [1.807, 2.05) is 31.2 Å². The summed E-state index contributed by atoms with van der Waals surface area (Å²) < 4.78 is 6.33. The standard InChI is InChI=1S/C15H15BrN2O2/c1-2-20-14-8-10(7-12(17)9-14)15(19)18-13-5-3-11(16)4-6-13/h3-9H,2,17H2,1H3,(H,18,19). The smallest absolute Gasteiger partial charge is 0.255 e. The number of rotatable bonds is 4. The Morgan fingerprint density at radius 3 is 2.60 bits per heavy atom. The van der Waals surface area contributed by atoms with Crippen LogP contribution in [0, 0.1) is 0 Å². The molecule has 20 heavy (non-hydrogen) atoms. The quantitative estimate of drug-likeness (QED) is 0.838. The van der Waals surface area contributed by atoms with E-state index >= 15 is 0 Å². The lowest BCUT2D eigenvalue weighted by molar-refractivity contribution is 0.102. The highest BCUT2D eigenvalue weighted by Gasteiger charge is 2.09. The Hall–Kier alpha value is -2.01. The van der Waals surface area contributed by atoms with Crippen molar-refractivity contribution in [3.05, 3.63) is 52.5 Å². The summed E-state index contributed by atoms with van der Waals surface area (Å²) in [6, 6.07) is 12.3.